The summed E-state index contributed by atoms with van der Waals surface area (Å²) in [6.45, 7) is 6.36. The summed E-state index contributed by atoms with van der Waals surface area (Å²) in [6.07, 6.45) is 1.52. The van der Waals surface area contributed by atoms with E-state index < -0.39 is 0 Å². The van der Waals surface area contributed by atoms with Crippen LogP contribution < -0.4 is 5.32 Å². The molecule has 1 fully saturated rings. The maximum absolute atomic E-state index is 12.6. The normalized spacial score (nSPS) is 21.2. The molecule has 0 spiro atoms. The Morgan fingerprint density at radius 2 is 2.20 bits per heavy atom. The summed E-state index contributed by atoms with van der Waals surface area (Å²) < 4.78 is 0. The maximum Gasteiger partial charge on any atom is 0.246 e. The molecule has 1 saturated heterocycles. The van der Waals surface area contributed by atoms with E-state index in [2.05, 4.69) is 26.1 Å². The lowest BCUT2D eigenvalue weighted by Crippen LogP contribution is -2.58. The second kappa shape index (κ2) is 6.39. The first-order valence-corrected chi connectivity index (χ1v) is 8.04. The number of rotatable bonds is 5. The molecule has 2 unspecified atom stereocenters. The smallest absolute Gasteiger partial charge is 0.246 e. The molecule has 0 aromatic carbocycles. The number of nitrogens with zero attached hydrogens (tertiary/aromatic N) is 1. The molecular formula is C15H22N2O2S. The van der Waals surface area contributed by atoms with Crippen LogP contribution in [-0.2, 0) is 9.59 Å². The molecule has 2 atom stereocenters. The largest absolute Gasteiger partial charge is 0.343 e. The molecule has 2 heterocycles. The number of carbonyl (C=O) groups is 2. The average molecular weight is 294 g/mol. The quantitative estimate of drug-likeness (QED) is 0.907. The summed E-state index contributed by atoms with van der Waals surface area (Å²) in [5, 5.41) is 4.84. The summed E-state index contributed by atoms with van der Waals surface area (Å²) in [4.78, 5) is 27.4. The number of carbonyl (C=O) groups excluding carboxylic acids is 2. The third kappa shape index (κ3) is 3.20. The van der Waals surface area contributed by atoms with Crippen LogP contribution in [-0.4, -0.2) is 29.3 Å². The van der Waals surface area contributed by atoms with E-state index in [0.717, 1.165) is 11.3 Å². The zero-order valence-corrected chi connectivity index (χ0v) is 13.1. The molecule has 1 N–H and O–H groups in total. The van der Waals surface area contributed by atoms with E-state index in [1.807, 2.05) is 17.5 Å². The fraction of sp³-hybridized carbons (Fsp3) is 0.600. The molecule has 0 bridgehead atoms. The summed E-state index contributed by atoms with van der Waals surface area (Å²) in [5.74, 6) is 0.384. The number of nitrogens with one attached hydrogen (secondary N) is 1. The van der Waals surface area contributed by atoms with Gasteiger partial charge in [-0.3, -0.25) is 9.59 Å². The van der Waals surface area contributed by atoms with Crippen LogP contribution in [0.1, 0.15) is 44.5 Å². The van der Waals surface area contributed by atoms with Crippen molar-refractivity contribution in [2.24, 2.45) is 5.92 Å². The molecule has 110 valence electrons. The first-order valence-electron chi connectivity index (χ1n) is 7.16. The second-order valence-electron chi connectivity index (χ2n) is 5.66. The van der Waals surface area contributed by atoms with Gasteiger partial charge in [0.05, 0.1) is 6.04 Å². The van der Waals surface area contributed by atoms with Crippen LogP contribution in [0.25, 0.3) is 0 Å². The van der Waals surface area contributed by atoms with Crippen molar-refractivity contribution in [3.8, 4) is 0 Å². The summed E-state index contributed by atoms with van der Waals surface area (Å²) in [5.41, 5.74) is 0. The fourth-order valence-corrected chi connectivity index (χ4v) is 3.61. The molecule has 1 aliphatic heterocycles. The van der Waals surface area contributed by atoms with Gasteiger partial charge in [-0.05, 0) is 30.2 Å². The highest BCUT2D eigenvalue weighted by Gasteiger charge is 2.36. The molecule has 4 nitrogen and oxygen atoms in total. The zero-order valence-electron chi connectivity index (χ0n) is 12.3. The van der Waals surface area contributed by atoms with Crippen molar-refractivity contribution in [1.82, 2.24) is 10.2 Å². The predicted molar refractivity (Wildman–Crippen MR) is 80.4 cm³/mol. The van der Waals surface area contributed by atoms with Crippen LogP contribution in [0.2, 0.25) is 0 Å². The minimum atomic E-state index is -0.370. The molecule has 1 aromatic rings. The van der Waals surface area contributed by atoms with Gasteiger partial charge in [0.2, 0.25) is 11.8 Å². The van der Waals surface area contributed by atoms with E-state index in [1.165, 1.54) is 0 Å². The Labute approximate surface area is 124 Å². The van der Waals surface area contributed by atoms with Gasteiger partial charge >= 0.3 is 0 Å². The summed E-state index contributed by atoms with van der Waals surface area (Å²) >= 11 is 1.64. The number of amides is 2. The van der Waals surface area contributed by atoms with Crippen molar-refractivity contribution in [2.75, 3.05) is 6.54 Å². The topological polar surface area (TPSA) is 49.4 Å². The van der Waals surface area contributed by atoms with Crippen molar-refractivity contribution in [2.45, 2.75) is 45.7 Å². The van der Waals surface area contributed by atoms with Gasteiger partial charge in [0.1, 0.15) is 12.6 Å². The molecule has 1 aliphatic rings. The second-order valence-corrected chi connectivity index (χ2v) is 6.63. The van der Waals surface area contributed by atoms with E-state index in [4.69, 9.17) is 0 Å². The van der Waals surface area contributed by atoms with Crippen LogP contribution in [0.15, 0.2) is 17.5 Å². The Bertz CT molecular complexity index is 470. The van der Waals surface area contributed by atoms with Crippen LogP contribution in [0.5, 0.6) is 0 Å². The van der Waals surface area contributed by atoms with E-state index in [0.29, 0.717) is 12.3 Å². The monoisotopic (exact) mass is 294 g/mol. The SMILES string of the molecule is CCC(c1cccs1)N1CC(=O)NC(CC(C)C)C1=O. The van der Waals surface area contributed by atoms with Gasteiger partial charge in [0.15, 0.2) is 0 Å². The standard InChI is InChI=1S/C15H22N2O2S/c1-4-12(13-6-5-7-20-13)17-9-14(18)16-11(15(17)19)8-10(2)3/h5-7,10-12H,4,8-9H2,1-3H3,(H,16,18). The van der Waals surface area contributed by atoms with Gasteiger partial charge in [-0.2, -0.15) is 0 Å². The van der Waals surface area contributed by atoms with Gasteiger partial charge in [-0.15, -0.1) is 11.3 Å². The minimum Gasteiger partial charge on any atom is -0.343 e. The first kappa shape index (κ1) is 15.0. The van der Waals surface area contributed by atoms with Gasteiger partial charge in [0, 0.05) is 4.88 Å². The highest BCUT2D eigenvalue weighted by atomic mass is 32.1. The van der Waals surface area contributed by atoms with E-state index in [1.54, 1.807) is 16.2 Å². The Balaban J connectivity index is 2.20. The van der Waals surface area contributed by atoms with Crippen molar-refractivity contribution in [1.29, 1.82) is 0 Å². The Morgan fingerprint density at radius 3 is 2.75 bits per heavy atom. The number of piperazine rings is 1. The van der Waals surface area contributed by atoms with Gasteiger partial charge in [-0.25, -0.2) is 0 Å². The van der Waals surface area contributed by atoms with Crippen LogP contribution >= 0.6 is 11.3 Å². The van der Waals surface area contributed by atoms with E-state index >= 15 is 0 Å². The summed E-state index contributed by atoms with van der Waals surface area (Å²) in [6, 6.07) is 3.67. The third-order valence-electron chi connectivity index (χ3n) is 3.57. The van der Waals surface area contributed by atoms with Gasteiger partial charge in [0.25, 0.3) is 0 Å². The van der Waals surface area contributed by atoms with E-state index in [9.17, 15) is 9.59 Å². The first-order chi connectivity index (χ1) is 9.52. The van der Waals surface area contributed by atoms with Crippen molar-refractivity contribution >= 4 is 23.2 Å². The molecule has 5 heteroatoms. The average Bonchev–Trinajstić information content (AvgIpc) is 2.89. The van der Waals surface area contributed by atoms with Crippen LogP contribution in [0, 0.1) is 5.92 Å². The fourth-order valence-electron chi connectivity index (χ4n) is 2.69. The van der Waals surface area contributed by atoms with Crippen LogP contribution in [0.3, 0.4) is 0 Å². The number of thiophene rings is 1. The van der Waals surface area contributed by atoms with Crippen molar-refractivity contribution in [3.05, 3.63) is 22.4 Å². The van der Waals surface area contributed by atoms with Gasteiger partial charge in [-0.1, -0.05) is 26.8 Å². The molecular weight excluding hydrogens is 272 g/mol. The zero-order chi connectivity index (χ0) is 14.7. The lowest BCUT2D eigenvalue weighted by Gasteiger charge is -2.37. The molecule has 1 aromatic heterocycles. The summed E-state index contributed by atoms with van der Waals surface area (Å²) in [7, 11) is 0. The van der Waals surface area contributed by atoms with Crippen molar-refractivity contribution in [3.63, 3.8) is 0 Å². The van der Waals surface area contributed by atoms with E-state index in [-0.39, 0.29) is 30.4 Å². The lowest BCUT2D eigenvalue weighted by molar-refractivity contribution is -0.147. The Kier molecular flexibility index (Phi) is 4.81. The van der Waals surface area contributed by atoms with Gasteiger partial charge < -0.3 is 10.2 Å². The Morgan fingerprint density at radius 1 is 1.45 bits per heavy atom. The van der Waals surface area contributed by atoms with Crippen molar-refractivity contribution < 1.29 is 9.59 Å². The third-order valence-corrected chi connectivity index (χ3v) is 4.55. The lowest BCUT2D eigenvalue weighted by atomic mass is 9.99. The predicted octanol–water partition coefficient (Wildman–Crippen LogP) is 2.57. The molecule has 20 heavy (non-hydrogen) atoms. The molecule has 0 aliphatic carbocycles. The molecule has 0 radical (unpaired) electrons. The maximum atomic E-state index is 12.6. The highest BCUT2D eigenvalue weighted by Crippen LogP contribution is 2.30. The number of hydrogen-bond acceptors (Lipinski definition) is 3. The number of hydrogen-bond donors (Lipinski definition) is 1. The molecule has 2 rings (SSSR count). The molecule has 0 saturated carbocycles. The minimum absolute atomic E-state index is 0.0169. The molecule has 2 amide bonds. The van der Waals surface area contributed by atoms with Crippen LogP contribution in [0.4, 0.5) is 0 Å². The Hall–Kier alpha value is -1.36. The highest BCUT2D eigenvalue weighted by molar-refractivity contribution is 7.10.